The van der Waals surface area contributed by atoms with Crippen LogP contribution in [-0.2, 0) is 0 Å². The van der Waals surface area contributed by atoms with Crippen molar-refractivity contribution in [2.45, 2.75) is 0 Å². The fourth-order valence-electron chi connectivity index (χ4n) is 8.72. The molecular weight excluding hydrogens is 685 g/mol. The van der Waals surface area contributed by atoms with Crippen molar-refractivity contribution in [2.75, 3.05) is 0 Å². The highest BCUT2D eigenvalue weighted by molar-refractivity contribution is 6.25. The molecule has 0 radical (unpaired) electrons. The van der Waals surface area contributed by atoms with Crippen LogP contribution in [0.2, 0.25) is 0 Å². The van der Waals surface area contributed by atoms with Gasteiger partial charge in [0.2, 0.25) is 5.95 Å². The van der Waals surface area contributed by atoms with Gasteiger partial charge in [-0.15, -0.1) is 0 Å². The summed E-state index contributed by atoms with van der Waals surface area (Å²) in [6.07, 6.45) is 3.59. The van der Waals surface area contributed by atoms with E-state index in [0.717, 1.165) is 55.7 Å². The minimum atomic E-state index is 0.569. The molecule has 0 spiro atoms. The van der Waals surface area contributed by atoms with Crippen LogP contribution in [0.1, 0.15) is 0 Å². The molecule has 7 aromatic carbocycles. The van der Waals surface area contributed by atoms with Crippen molar-refractivity contribution in [2.24, 2.45) is 0 Å². The molecule has 0 unspecified atom stereocenters. The third-order valence-corrected chi connectivity index (χ3v) is 11.2. The lowest BCUT2D eigenvalue weighted by Crippen LogP contribution is -2.04. The van der Waals surface area contributed by atoms with Crippen molar-refractivity contribution < 1.29 is 0 Å². The molecule has 56 heavy (non-hydrogen) atoms. The Hall–Kier alpha value is -7.70. The topological polar surface area (TPSA) is 61.4 Å². The number of pyridine rings is 2. The van der Waals surface area contributed by atoms with Gasteiger partial charge in [-0.3, -0.25) is 14.5 Å². The van der Waals surface area contributed by atoms with Gasteiger partial charge in [-0.1, -0.05) is 97.1 Å². The van der Waals surface area contributed by atoms with Crippen LogP contribution in [0, 0.1) is 0 Å². The highest BCUT2D eigenvalue weighted by Gasteiger charge is 2.21. The first-order chi connectivity index (χ1) is 27.8. The number of benzene rings is 7. The van der Waals surface area contributed by atoms with E-state index in [2.05, 4.69) is 146 Å². The van der Waals surface area contributed by atoms with Gasteiger partial charge in [-0.05, 0) is 100 Å². The van der Waals surface area contributed by atoms with Gasteiger partial charge in [0, 0.05) is 39.3 Å². The van der Waals surface area contributed by atoms with E-state index in [9.17, 15) is 0 Å². The van der Waals surface area contributed by atoms with Crippen molar-refractivity contribution in [3.05, 3.63) is 182 Å². The summed E-state index contributed by atoms with van der Waals surface area (Å²) in [7, 11) is 0. The molecule has 12 rings (SSSR count). The van der Waals surface area contributed by atoms with Crippen LogP contribution in [-0.4, -0.2) is 29.1 Å². The summed E-state index contributed by atoms with van der Waals surface area (Å²) in [5, 5.41) is 9.79. The van der Waals surface area contributed by atoms with Crippen LogP contribution in [0.15, 0.2) is 182 Å². The predicted molar refractivity (Wildman–Crippen MR) is 229 cm³/mol. The molecule has 5 aromatic heterocycles. The minimum Gasteiger partial charge on any atom is -0.309 e. The Bertz CT molecular complexity index is 3410. The molecule has 0 amide bonds. The summed E-state index contributed by atoms with van der Waals surface area (Å²) in [6.45, 7) is 0. The summed E-state index contributed by atoms with van der Waals surface area (Å²) in [5.41, 5.74) is 11.0. The Balaban J connectivity index is 1.10. The Morgan fingerprint density at radius 3 is 1.79 bits per heavy atom. The van der Waals surface area contributed by atoms with Crippen LogP contribution >= 0.6 is 0 Å². The molecule has 0 aliphatic rings. The van der Waals surface area contributed by atoms with E-state index in [1.54, 1.807) is 12.4 Å². The number of fused-ring (bicyclic) bond motifs is 4. The average molecular weight is 715 g/mol. The third-order valence-electron chi connectivity index (χ3n) is 11.2. The first-order valence-electron chi connectivity index (χ1n) is 18.8. The minimum absolute atomic E-state index is 0.569. The second-order valence-electron chi connectivity index (χ2n) is 14.3. The van der Waals surface area contributed by atoms with Crippen LogP contribution in [0.3, 0.4) is 0 Å². The number of rotatable bonds is 5. The monoisotopic (exact) mass is 714 g/mol. The third kappa shape index (κ3) is 4.56. The summed E-state index contributed by atoms with van der Waals surface area (Å²) in [6, 6.07) is 60.2. The maximum atomic E-state index is 5.15. The zero-order valence-electron chi connectivity index (χ0n) is 30.0. The quantitative estimate of drug-likeness (QED) is 0.167. The van der Waals surface area contributed by atoms with E-state index < -0.39 is 0 Å². The molecule has 5 heterocycles. The summed E-state index contributed by atoms with van der Waals surface area (Å²) < 4.78 is 4.63. The zero-order chi connectivity index (χ0) is 36.7. The molecule has 6 heteroatoms. The fourth-order valence-corrected chi connectivity index (χ4v) is 8.72. The summed E-state index contributed by atoms with van der Waals surface area (Å²) >= 11 is 0. The lowest BCUT2D eigenvalue weighted by atomic mass is 9.96. The molecule has 0 saturated heterocycles. The van der Waals surface area contributed by atoms with Gasteiger partial charge < -0.3 is 4.57 Å². The smallest absolute Gasteiger partial charge is 0.235 e. The number of nitrogens with zero attached hydrogens (tertiary/aromatic N) is 6. The lowest BCUT2D eigenvalue weighted by molar-refractivity contribution is 0.988. The Morgan fingerprint density at radius 1 is 0.339 bits per heavy atom. The van der Waals surface area contributed by atoms with Crippen LogP contribution in [0.25, 0.3) is 111 Å². The van der Waals surface area contributed by atoms with Crippen LogP contribution in [0.5, 0.6) is 0 Å². The molecule has 0 N–H and O–H groups in total. The zero-order valence-corrected chi connectivity index (χ0v) is 30.0. The number of hydrogen-bond donors (Lipinski definition) is 0. The SMILES string of the molecule is c1ccc(-c2cc(-c3ccccn3)nc(-n3c4ccccc4c4cc(-c5cc6ccc7cccc8c7c6c(c5)n8-c5cccc6ccccc56)ccc43)n2)nc1. The number of aromatic nitrogens is 6. The van der Waals surface area contributed by atoms with Gasteiger partial charge in [0.25, 0.3) is 0 Å². The van der Waals surface area contributed by atoms with E-state index in [-0.39, 0.29) is 0 Å². The van der Waals surface area contributed by atoms with E-state index in [4.69, 9.17) is 9.97 Å². The molecule has 6 nitrogen and oxygen atoms in total. The van der Waals surface area contributed by atoms with Crippen molar-refractivity contribution in [1.29, 1.82) is 0 Å². The highest BCUT2D eigenvalue weighted by Crippen LogP contribution is 2.43. The van der Waals surface area contributed by atoms with E-state index in [1.165, 1.54) is 49.0 Å². The Morgan fingerprint density at radius 2 is 0.982 bits per heavy atom. The van der Waals surface area contributed by atoms with Crippen molar-refractivity contribution in [3.63, 3.8) is 0 Å². The van der Waals surface area contributed by atoms with Crippen LogP contribution in [0.4, 0.5) is 0 Å². The molecule has 0 atom stereocenters. The van der Waals surface area contributed by atoms with Gasteiger partial charge in [0.15, 0.2) is 0 Å². The normalized spacial score (nSPS) is 11.9. The number of hydrogen-bond acceptors (Lipinski definition) is 4. The molecule has 0 aliphatic carbocycles. The lowest BCUT2D eigenvalue weighted by Gasteiger charge is -2.13. The molecular formula is C50H30N6. The first-order valence-corrected chi connectivity index (χ1v) is 18.8. The largest absolute Gasteiger partial charge is 0.309 e. The van der Waals surface area contributed by atoms with Gasteiger partial charge in [0.05, 0.1) is 50.5 Å². The summed E-state index contributed by atoms with van der Waals surface area (Å²) in [5.74, 6) is 0.569. The molecule has 12 aromatic rings. The van der Waals surface area contributed by atoms with E-state index >= 15 is 0 Å². The molecule has 0 bridgehead atoms. The molecule has 0 saturated carbocycles. The molecule has 260 valence electrons. The standard InChI is InChI=1S/C50H30N6/c1-2-14-36-31(11-1)12-9-19-43(36)55-46-20-10-13-32-21-22-34-27-35(29-47(55)49(34)48(32)46)33-23-24-45-38(28-33)37-15-3-4-18-44(37)56(45)50-53-41(39-16-5-7-25-51-39)30-42(54-50)40-17-6-8-26-52-40/h1-30H. The average Bonchev–Trinajstić information content (AvgIpc) is 3.79. The van der Waals surface area contributed by atoms with Gasteiger partial charge in [-0.25, -0.2) is 9.97 Å². The van der Waals surface area contributed by atoms with Gasteiger partial charge in [0.1, 0.15) is 0 Å². The summed E-state index contributed by atoms with van der Waals surface area (Å²) in [4.78, 5) is 19.6. The maximum absolute atomic E-state index is 5.15. The first kappa shape index (κ1) is 30.7. The van der Waals surface area contributed by atoms with Crippen molar-refractivity contribution >= 4 is 65.2 Å². The second kappa shape index (κ2) is 11.9. The fraction of sp³-hybridized carbons (Fsp3) is 0. The number of para-hydroxylation sites is 1. The predicted octanol–water partition coefficient (Wildman–Crippen LogP) is 12.2. The highest BCUT2D eigenvalue weighted by atomic mass is 15.2. The van der Waals surface area contributed by atoms with Crippen molar-refractivity contribution in [3.8, 4) is 45.5 Å². The Labute approximate surface area is 321 Å². The molecule has 0 aliphatic heterocycles. The van der Waals surface area contributed by atoms with E-state index in [0.29, 0.717) is 5.95 Å². The van der Waals surface area contributed by atoms with Gasteiger partial charge in [-0.2, -0.15) is 0 Å². The van der Waals surface area contributed by atoms with Crippen molar-refractivity contribution in [1.82, 2.24) is 29.1 Å². The van der Waals surface area contributed by atoms with Crippen LogP contribution < -0.4 is 0 Å². The van der Waals surface area contributed by atoms with Gasteiger partial charge >= 0.3 is 0 Å². The second-order valence-corrected chi connectivity index (χ2v) is 14.3. The molecule has 0 fully saturated rings. The Kier molecular flexibility index (Phi) is 6.53. The van der Waals surface area contributed by atoms with E-state index in [1.807, 2.05) is 42.5 Å². The maximum Gasteiger partial charge on any atom is 0.235 e.